The zero-order chi connectivity index (χ0) is 15.4. The van der Waals surface area contributed by atoms with Crippen molar-refractivity contribution in [3.8, 4) is 0 Å². The highest BCUT2D eigenvalue weighted by atomic mass is 32.1. The van der Waals surface area contributed by atoms with Crippen molar-refractivity contribution in [1.29, 1.82) is 0 Å². The van der Waals surface area contributed by atoms with E-state index in [2.05, 4.69) is 8.75 Å². The van der Waals surface area contributed by atoms with Crippen LogP contribution in [0.15, 0.2) is 36.5 Å². The highest BCUT2D eigenvalue weighted by Crippen LogP contribution is 2.31. The molecule has 2 aromatic rings. The minimum Gasteiger partial charge on any atom is -0.388 e. The Labute approximate surface area is 133 Å². The van der Waals surface area contributed by atoms with E-state index in [1.807, 2.05) is 30.3 Å². The highest BCUT2D eigenvalue weighted by molar-refractivity contribution is 6.99. The summed E-state index contributed by atoms with van der Waals surface area (Å²) in [6.45, 7) is 0.817. The van der Waals surface area contributed by atoms with Gasteiger partial charge in [0.15, 0.2) is 5.69 Å². The average molecular weight is 317 g/mol. The standard InChI is InChI=1S/C16H19N3O2S/c20-15(14-10-17-22-18-14)19(11-13-6-2-1-3-7-13)12-16(21)8-4-5-9-16/h1-3,6-7,10,21H,4-5,8-9,11-12H2. The molecule has 0 spiro atoms. The summed E-state index contributed by atoms with van der Waals surface area (Å²) in [5.41, 5.74) is 0.622. The molecule has 6 heteroatoms. The molecule has 0 aliphatic heterocycles. The van der Waals surface area contributed by atoms with Crippen molar-refractivity contribution in [2.24, 2.45) is 0 Å². The quantitative estimate of drug-likeness (QED) is 0.920. The van der Waals surface area contributed by atoms with Crippen molar-refractivity contribution in [2.75, 3.05) is 6.54 Å². The summed E-state index contributed by atoms with van der Waals surface area (Å²) in [6, 6.07) is 9.82. The van der Waals surface area contributed by atoms with Crippen LogP contribution in [0.3, 0.4) is 0 Å². The minimum absolute atomic E-state index is 0.169. The van der Waals surface area contributed by atoms with Gasteiger partial charge in [0.25, 0.3) is 5.91 Å². The number of hydrogen-bond donors (Lipinski definition) is 1. The van der Waals surface area contributed by atoms with E-state index in [1.165, 1.54) is 6.20 Å². The third-order valence-electron chi connectivity index (χ3n) is 4.10. The molecule has 1 saturated carbocycles. The fourth-order valence-corrected chi connectivity index (χ4v) is 3.38. The van der Waals surface area contributed by atoms with Gasteiger partial charge in [0.05, 0.1) is 30.1 Å². The topological polar surface area (TPSA) is 66.3 Å². The molecule has 3 rings (SSSR count). The number of hydrogen-bond acceptors (Lipinski definition) is 5. The minimum atomic E-state index is -0.770. The number of rotatable bonds is 5. The van der Waals surface area contributed by atoms with Gasteiger partial charge in [-0.15, -0.1) is 0 Å². The van der Waals surface area contributed by atoms with Crippen LogP contribution in [0.1, 0.15) is 41.7 Å². The van der Waals surface area contributed by atoms with Crippen LogP contribution >= 0.6 is 11.7 Å². The molecule has 1 aliphatic carbocycles. The van der Waals surface area contributed by atoms with E-state index in [4.69, 9.17) is 0 Å². The van der Waals surface area contributed by atoms with Gasteiger partial charge in [-0.1, -0.05) is 43.2 Å². The molecule has 116 valence electrons. The molecule has 0 bridgehead atoms. The van der Waals surface area contributed by atoms with Crippen molar-refractivity contribution in [2.45, 2.75) is 37.8 Å². The monoisotopic (exact) mass is 317 g/mol. The summed E-state index contributed by atoms with van der Waals surface area (Å²) in [7, 11) is 0. The van der Waals surface area contributed by atoms with Gasteiger partial charge in [-0.05, 0) is 18.4 Å². The molecule has 1 aromatic carbocycles. The largest absolute Gasteiger partial charge is 0.388 e. The third kappa shape index (κ3) is 3.51. The van der Waals surface area contributed by atoms with E-state index < -0.39 is 5.60 Å². The molecule has 0 atom stereocenters. The number of carbonyl (C=O) groups is 1. The molecule has 0 unspecified atom stereocenters. The first-order valence-electron chi connectivity index (χ1n) is 7.49. The Morgan fingerprint density at radius 2 is 2.00 bits per heavy atom. The maximum Gasteiger partial charge on any atom is 0.275 e. The molecular formula is C16H19N3O2S. The first kappa shape index (κ1) is 15.1. The fourth-order valence-electron chi connectivity index (χ4n) is 2.97. The summed E-state index contributed by atoms with van der Waals surface area (Å²) >= 11 is 1.02. The van der Waals surface area contributed by atoms with Crippen molar-refractivity contribution in [3.63, 3.8) is 0 Å². The third-order valence-corrected chi connectivity index (χ3v) is 4.58. The van der Waals surface area contributed by atoms with Crippen LogP contribution in [0.4, 0.5) is 0 Å². The SMILES string of the molecule is O=C(c1cnsn1)N(Cc1ccccc1)CC1(O)CCCC1. The lowest BCUT2D eigenvalue weighted by Crippen LogP contribution is -2.43. The van der Waals surface area contributed by atoms with E-state index in [0.29, 0.717) is 18.8 Å². The summed E-state index contributed by atoms with van der Waals surface area (Å²) in [5, 5.41) is 10.7. The Bertz CT molecular complexity index is 610. The molecule has 22 heavy (non-hydrogen) atoms. The zero-order valence-corrected chi connectivity index (χ0v) is 13.1. The molecular weight excluding hydrogens is 298 g/mol. The molecule has 1 heterocycles. The van der Waals surface area contributed by atoms with Gasteiger partial charge in [-0.2, -0.15) is 8.75 Å². The normalized spacial score (nSPS) is 16.6. The number of aromatic nitrogens is 2. The van der Waals surface area contributed by atoms with E-state index in [9.17, 15) is 9.90 Å². The first-order chi connectivity index (χ1) is 10.7. The van der Waals surface area contributed by atoms with Gasteiger partial charge in [-0.3, -0.25) is 4.79 Å². The number of nitrogens with zero attached hydrogens (tertiary/aromatic N) is 3. The molecule has 0 radical (unpaired) electrons. The smallest absolute Gasteiger partial charge is 0.275 e. The van der Waals surface area contributed by atoms with E-state index in [0.717, 1.165) is 43.0 Å². The molecule has 0 saturated heterocycles. The number of amides is 1. The first-order valence-corrected chi connectivity index (χ1v) is 8.22. The van der Waals surface area contributed by atoms with Crippen LogP contribution in [0.25, 0.3) is 0 Å². The van der Waals surface area contributed by atoms with Gasteiger partial charge in [0, 0.05) is 6.54 Å². The Balaban J connectivity index is 1.80. The van der Waals surface area contributed by atoms with Crippen molar-refractivity contribution >= 4 is 17.6 Å². The Kier molecular flexibility index (Phi) is 4.49. The zero-order valence-electron chi connectivity index (χ0n) is 12.3. The molecule has 1 fully saturated rings. The van der Waals surface area contributed by atoms with E-state index in [1.54, 1.807) is 4.90 Å². The van der Waals surface area contributed by atoms with Gasteiger partial charge < -0.3 is 10.0 Å². The van der Waals surface area contributed by atoms with Crippen LogP contribution in [0, 0.1) is 0 Å². The van der Waals surface area contributed by atoms with Gasteiger partial charge in [0.1, 0.15) is 0 Å². The van der Waals surface area contributed by atoms with Crippen LogP contribution in [0.2, 0.25) is 0 Å². The van der Waals surface area contributed by atoms with Crippen LogP contribution in [-0.2, 0) is 6.54 Å². The Morgan fingerprint density at radius 1 is 1.27 bits per heavy atom. The average Bonchev–Trinajstić information content (AvgIpc) is 3.19. The summed E-state index contributed by atoms with van der Waals surface area (Å²) in [4.78, 5) is 14.4. The van der Waals surface area contributed by atoms with E-state index >= 15 is 0 Å². The number of benzene rings is 1. The van der Waals surface area contributed by atoms with Crippen LogP contribution in [0.5, 0.6) is 0 Å². The second kappa shape index (κ2) is 6.54. The summed E-state index contributed by atoms with van der Waals surface area (Å²) < 4.78 is 7.94. The van der Waals surface area contributed by atoms with Crippen LogP contribution < -0.4 is 0 Å². The maximum absolute atomic E-state index is 12.7. The number of carbonyl (C=O) groups excluding carboxylic acids is 1. The second-order valence-corrected chi connectivity index (χ2v) is 6.43. The lowest BCUT2D eigenvalue weighted by molar-refractivity contribution is 0.00768. The fraction of sp³-hybridized carbons (Fsp3) is 0.438. The summed E-state index contributed by atoms with van der Waals surface area (Å²) in [6.07, 6.45) is 5.02. The summed E-state index contributed by atoms with van der Waals surface area (Å²) in [5.74, 6) is -0.169. The van der Waals surface area contributed by atoms with Gasteiger partial charge in [-0.25, -0.2) is 0 Å². The predicted octanol–water partition coefficient (Wildman–Crippen LogP) is 2.49. The Hall–Kier alpha value is -1.79. The maximum atomic E-state index is 12.7. The second-order valence-electron chi connectivity index (χ2n) is 5.87. The molecule has 1 amide bonds. The lowest BCUT2D eigenvalue weighted by atomic mass is 10.0. The molecule has 1 N–H and O–H groups in total. The Morgan fingerprint density at radius 3 is 2.64 bits per heavy atom. The molecule has 1 aliphatic rings. The lowest BCUT2D eigenvalue weighted by Gasteiger charge is -2.31. The highest BCUT2D eigenvalue weighted by Gasteiger charge is 2.35. The van der Waals surface area contributed by atoms with Gasteiger partial charge in [0.2, 0.25) is 0 Å². The molecule has 5 nitrogen and oxygen atoms in total. The van der Waals surface area contributed by atoms with Crippen molar-refractivity contribution in [3.05, 3.63) is 47.8 Å². The van der Waals surface area contributed by atoms with E-state index in [-0.39, 0.29) is 5.91 Å². The van der Waals surface area contributed by atoms with Crippen molar-refractivity contribution < 1.29 is 9.90 Å². The molecule has 1 aromatic heterocycles. The van der Waals surface area contributed by atoms with Crippen LogP contribution in [-0.4, -0.2) is 36.8 Å². The van der Waals surface area contributed by atoms with Crippen molar-refractivity contribution in [1.82, 2.24) is 13.6 Å². The predicted molar refractivity (Wildman–Crippen MR) is 84.5 cm³/mol. The van der Waals surface area contributed by atoms with Gasteiger partial charge >= 0.3 is 0 Å². The number of aliphatic hydroxyl groups is 1.